The second kappa shape index (κ2) is 2.50. The lowest BCUT2D eigenvalue weighted by Gasteiger charge is -2.05. The molecule has 0 aliphatic carbocycles. The van der Waals surface area contributed by atoms with E-state index in [1.54, 1.807) is 0 Å². The summed E-state index contributed by atoms with van der Waals surface area (Å²) < 4.78 is 19.3. The SMILES string of the molecule is BP(=O)(OC)OC. The van der Waals surface area contributed by atoms with Gasteiger partial charge in [-0.25, -0.2) is 0 Å². The molecule has 42 valence electrons. The van der Waals surface area contributed by atoms with E-state index in [9.17, 15) is 4.57 Å². The zero-order chi connectivity index (χ0) is 5.91. The molecule has 0 rings (SSSR count). The molecule has 0 heterocycles. The number of rotatable bonds is 2. The van der Waals surface area contributed by atoms with E-state index >= 15 is 0 Å². The van der Waals surface area contributed by atoms with Crippen LogP contribution in [0.15, 0.2) is 0 Å². The molecule has 5 heteroatoms. The van der Waals surface area contributed by atoms with Crippen LogP contribution in [0.25, 0.3) is 0 Å². The maximum Gasteiger partial charge on any atom is 0.270 e. The van der Waals surface area contributed by atoms with Gasteiger partial charge in [-0.3, -0.25) is 4.57 Å². The van der Waals surface area contributed by atoms with E-state index in [0.717, 1.165) is 0 Å². The molecule has 0 aliphatic heterocycles. The topological polar surface area (TPSA) is 35.5 Å². The van der Waals surface area contributed by atoms with Crippen molar-refractivity contribution < 1.29 is 13.6 Å². The summed E-state index contributed by atoms with van der Waals surface area (Å²) in [4.78, 5) is 0. The first kappa shape index (κ1) is 7.21. The molecule has 0 aromatic carbocycles. The van der Waals surface area contributed by atoms with Crippen molar-refractivity contribution in [3.8, 4) is 0 Å². The largest absolute Gasteiger partial charge is 0.320 e. The van der Waals surface area contributed by atoms with Crippen LogP contribution in [0.2, 0.25) is 0 Å². The summed E-state index contributed by atoms with van der Waals surface area (Å²) in [6.45, 7) is 0. The van der Waals surface area contributed by atoms with E-state index in [1.165, 1.54) is 21.8 Å². The molecular weight excluding hydrogens is 114 g/mol. The van der Waals surface area contributed by atoms with Crippen LogP contribution >= 0.6 is 7.47 Å². The molecule has 0 aliphatic rings. The van der Waals surface area contributed by atoms with Crippen LogP contribution in [0.5, 0.6) is 0 Å². The Morgan fingerprint density at radius 2 is 1.71 bits per heavy atom. The van der Waals surface area contributed by atoms with Crippen molar-refractivity contribution in [2.45, 2.75) is 0 Å². The first-order valence-electron chi connectivity index (χ1n) is 1.81. The third-order valence-corrected chi connectivity index (χ3v) is 1.99. The van der Waals surface area contributed by atoms with E-state index in [-0.39, 0.29) is 0 Å². The highest BCUT2D eigenvalue weighted by atomic mass is 31.2. The van der Waals surface area contributed by atoms with Crippen molar-refractivity contribution in [1.82, 2.24) is 0 Å². The molecule has 0 aromatic rings. The number of hydrogen-bond donors (Lipinski definition) is 0. The average Bonchev–Trinajstić information content (AvgIpc) is 1.68. The fourth-order valence-electron chi connectivity index (χ4n) is 0.0745. The highest BCUT2D eigenvalue weighted by Gasteiger charge is 2.08. The molecule has 0 N–H and O–H groups in total. The summed E-state index contributed by atoms with van der Waals surface area (Å²) in [5.41, 5.74) is 0. The highest BCUT2D eigenvalue weighted by molar-refractivity contribution is 7.79. The fourth-order valence-corrected chi connectivity index (χ4v) is 0.224. The lowest BCUT2D eigenvalue weighted by atomic mass is 10.8. The molecular formula is C2H8BO3P. The molecule has 0 spiro atoms. The summed E-state index contributed by atoms with van der Waals surface area (Å²) in [5.74, 6) is 0. The quantitative estimate of drug-likeness (QED) is 0.382. The molecule has 0 saturated carbocycles. The van der Waals surface area contributed by atoms with Crippen LogP contribution in [0.3, 0.4) is 0 Å². The van der Waals surface area contributed by atoms with Crippen molar-refractivity contribution in [2.24, 2.45) is 0 Å². The van der Waals surface area contributed by atoms with Crippen LogP contribution in [0.1, 0.15) is 0 Å². The Balaban J connectivity index is 3.61. The van der Waals surface area contributed by atoms with Crippen molar-refractivity contribution >= 4 is 15.0 Å². The second-order valence-corrected chi connectivity index (χ2v) is 3.41. The number of hydrogen-bond acceptors (Lipinski definition) is 3. The minimum absolute atomic E-state index is 1.35. The van der Waals surface area contributed by atoms with Crippen molar-refractivity contribution in [1.29, 1.82) is 0 Å². The van der Waals surface area contributed by atoms with Gasteiger partial charge in [0, 0.05) is 14.2 Å². The lowest BCUT2D eigenvalue weighted by molar-refractivity contribution is 0.293. The Kier molecular flexibility index (Phi) is 2.58. The third-order valence-electron chi connectivity index (χ3n) is 0.663. The van der Waals surface area contributed by atoms with Gasteiger partial charge >= 0.3 is 0 Å². The smallest absolute Gasteiger partial charge is 0.270 e. The zero-order valence-corrected chi connectivity index (χ0v) is 5.57. The summed E-state index contributed by atoms with van der Waals surface area (Å²) >= 11 is 0. The summed E-state index contributed by atoms with van der Waals surface area (Å²) in [6.07, 6.45) is 0. The zero-order valence-electron chi connectivity index (χ0n) is 4.67. The summed E-state index contributed by atoms with van der Waals surface area (Å²) in [7, 11) is 1.46. The second-order valence-electron chi connectivity index (χ2n) is 1.14. The van der Waals surface area contributed by atoms with Crippen LogP contribution in [0, 0.1) is 0 Å². The van der Waals surface area contributed by atoms with Gasteiger partial charge in [0.25, 0.3) is 15.0 Å². The van der Waals surface area contributed by atoms with Crippen molar-refractivity contribution in [2.75, 3.05) is 14.2 Å². The fraction of sp³-hybridized carbons (Fsp3) is 1.00. The van der Waals surface area contributed by atoms with Gasteiger partial charge in [0.2, 0.25) is 0 Å². The average molecular weight is 122 g/mol. The molecule has 0 unspecified atom stereocenters. The maximum atomic E-state index is 10.5. The third kappa shape index (κ3) is 2.86. The van der Waals surface area contributed by atoms with E-state index in [4.69, 9.17) is 0 Å². The predicted octanol–water partition coefficient (Wildman–Crippen LogP) is 0.0204. The molecule has 0 amide bonds. The predicted molar refractivity (Wildman–Crippen MR) is 30.2 cm³/mol. The molecule has 0 radical (unpaired) electrons. The van der Waals surface area contributed by atoms with Gasteiger partial charge in [-0.05, 0) is 0 Å². The van der Waals surface area contributed by atoms with Crippen LogP contribution in [0.4, 0.5) is 0 Å². The Labute approximate surface area is 43.9 Å². The molecule has 3 nitrogen and oxygen atoms in total. The molecule has 7 heavy (non-hydrogen) atoms. The normalized spacial score (nSPS) is 11.7. The summed E-state index contributed by atoms with van der Waals surface area (Å²) in [6, 6.07) is 0. The lowest BCUT2D eigenvalue weighted by Crippen LogP contribution is -1.84. The van der Waals surface area contributed by atoms with Gasteiger partial charge < -0.3 is 9.05 Å². The molecule has 0 bridgehead atoms. The van der Waals surface area contributed by atoms with Gasteiger partial charge in [0.1, 0.15) is 0 Å². The molecule has 0 atom stereocenters. The van der Waals surface area contributed by atoms with Crippen molar-refractivity contribution in [3.05, 3.63) is 0 Å². The monoisotopic (exact) mass is 122 g/mol. The summed E-state index contributed by atoms with van der Waals surface area (Å²) in [5, 5.41) is 0. The van der Waals surface area contributed by atoms with E-state index in [2.05, 4.69) is 9.05 Å². The minimum atomic E-state index is -2.65. The highest BCUT2D eigenvalue weighted by Crippen LogP contribution is 2.39. The van der Waals surface area contributed by atoms with Gasteiger partial charge in [0.15, 0.2) is 0 Å². The van der Waals surface area contributed by atoms with Crippen LogP contribution in [-0.4, -0.2) is 21.8 Å². The first-order valence-corrected chi connectivity index (χ1v) is 3.80. The van der Waals surface area contributed by atoms with Crippen LogP contribution in [-0.2, 0) is 13.6 Å². The van der Waals surface area contributed by atoms with Gasteiger partial charge in [0.05, 0.1) is 0 Å². The molecule has 0 fully saturated rings. The van der Waals surface area contributed by atoms with E-state index < -0.39 is 7.47 Å². The maximum absolute atomic E-state index is 10.5. The van der Waals surface area contributed by atoms with Gasteiger partial charge in [-0.2, -0.15) is 0 Å². The molecule has 0 aromatic heterocycles. The Morgan fingerprint density at radius 3 is 1.71 bits per heavy atom. The first-order chi connectivity index (χ1) is 3.12. The van der Waals surface area contributed by atoms with Crippen molar-refractivity contribution in [3.63, 3.8) is 0 Å². The Bertz CT molecular complexity index is 84.9. The Hall–Kier alpha value is 0.215. The Morgan fingerprint density at radius 1 is 1.43 bits per heavy atom. The minimum Gasteiger partial charge on any atom is -0.320 e. The van der Waals surface area contributed by atoms with Gasteiger partial charge in [-0.15, -0.1) is 0 Å². The molecule has 0 saturated heterocycles. The van der Waals surface area contributed by atoms with Gasteiger partial charge in [-0.1, -0.05) is 0 Å². The standard InChI is InChI=1S/C2H8BO3P/c1-5-7(3,4)6-2/h3H2,1-2H3. The van der Waals surface area contributed by atoms with E-state index in [1.807, 2.05) is 0 Å². The van der Waals surface area contributed by atoms with E-state index in [0.29, 0.717) is 0 Å². The van der Waals surface area contributed by atoms with Crippen LogP contribution < -0.4 is 0 Å².